The third-order valence-corrected chi connectivity index (χ3v) is 4.71. The quantitative estimate of drug-likeness (QED) is 0.822. The maximum atomic E-state index is 5.68. The molecule has 1 aromatic rings. The zero-order chi connectivity index (χ0) is 14.4. The van der Waals surface area contributed by atoms with Crippen LogP contribution in [-0.4, -0.2) is 24.5 Å². The lowest BCUT2D eigenvalue weighted by molar-refractivity contribution is 0.149. The van der Waals surface area contributed by atoms with Crippen molar-refractivity contribution in [1.29, 1.82) is 0 Å². The molecule has 0 atom stereocenters. The van der Waals surface area contributed by atoms with Crippen molar-refractivity contribution in [2.75, 3.05) is 13.6 Å². The molecular weight excluding hydrogens is 248 g/mol. The van der Waals surface area contributed by atoms with Crippen molar-refractivity contribution < 1.29 is 4.42 Å². The van der Waals surface area contributed by atoms with Gasteiger partial charge < -0.3 is 9.73 Å². The van der Waals surface area contributed by atoms with Gasteiger partial charge in [0.05, 0.1) is 12.8 Å². The van der Waals surface area contributed by atoms with E-state index < -0.39 is 0 Å². The summed E-state index contributed by atoms with van der Waals surface area (Å²) < 4.78 is 5.68. The predicted molar refractivity (Wildman–Crippen MR) is 83.6 cm³/mol. The fourth-order valence-electron chi connectivity index (χ4n) is 3.24. The molecule has 1 N–H and O–H groups in total. The van der Waals surface area contributed by atoms with Gasteiger partial charge in [-0.3, -0.25) is 4.90 Å². The smallest absolute Gasteiger partial charge is 0.118 e. The molecule has 1 saturated carbocycles. The fourth-order valence-corrected chi connectivity index (χ4v) is 3.24. The molecule has 0 unspecified atom stereocenters. The summed E-state index contributed by atoms with van der Waals surface area (Å²) in [7, 11) is 2.24. The third kappa shape index (κ3) is 4.35. The van der Waals surface area contributed by atoms with Crippen molar-refractivity contribution in [3.05, 3.63) is 23.7 Å². The Balaban J connectivity index is 1.79. The van der Waals surface area contributed by atoms with Crippen molar-refractivity contribution in [2.45, 2.75) is 65.1 Å². The molecule has 0 aromatic carbocycles. The average molecular weight is 278 g/mol. The molecule has 0 amide bonds. The second kappa shape index (κ2) is 7.84. The first-order valence-electron chi connectivity index (χ1n) is 8.20. The molecule has 2 rings (SSSR count). The summed E-state index contributed by atoms with van der Waals surface area (Å²) in [6.07, 6.45) is 8.73. The topological polar surface area (TPSA) is 28.4 Å². The number of nitrogens with one attached hydrogen (secondary N) is 1. The summed E-state index contributed by atoms with van der Waals surface area (Å²) in [4.78, 5) is 2.47. The lowest BCUT2D eigenvalue weighted by Gasteiger charge is -2.34. The van der Waals surface area contributed by atoms with Crippen LogP contribution in [-0.2, 0) is 13.1 Å². The largest absolute Gasteiger partial charge is 0.468 e. The van der Waals surface area contributed by atoms with E-state index in [4.69, 9.17) is 4.42 Å². The SMILES string of the molecule is CCNCc1coc(CN(C)C2CCC(CC)CC2)c1. The molecule has 114 valence electrons. The molecule has 0 spiro atoms. The molecule has 0 bridgehead atoms. The van der Waals surface area contributed by atoms with Gasteiger partial charge in [-0.2, -0.15) is 0 Å². The highest BCUT2D eigenvalue weighted by Crippen LogP contribution is 2.29. The van der Waals surface area contributed by atoms with Crippen molar-refractivity contribution in [3.8, 4) is 0 Å². The minimum absolute atomic E-state index is 0.736. The Hall–Kier alpha value is -0.800. The van der Waals surface area contributed by atoms with E-state index in [2.05, 4.69) is 37.2 Å². The highest BCUT2D eigenvalue weighted by molar-refractivity contribution is 5.12. The molecule has 1 fully saturated rings. The minimum Gasteiger partial charge on any atom is -0.468 e. The van der Waals surface area contributed by atoms with Crippen LogP contribution in [0.15, 0.2) is 16.7 Å². The number of nitrogens with zero attached hydrogens (tertiary/aromatic N) is 1. The van der Waals surface area contributed by atoms with E-state index in [1.54, 1.807) is 0 Å². The van der Waals surface area contributed by atoms with Gasteiger partial charge in [0, 0.05) is 18.2 Å². The lowest BCUT2D eigenvalue weighted by atomic mass is 9.84. The first-order chi connectivity index (χ1) is 9.72. The summed E-state index contributed by atoms with van der Waals surface area (Å²) in [6, 6.07) is 2.93. The van der Waals surface area contributed by atoms with E-state index in [1.807, 2.05) is 6.26 Å². The van der Waals surface area contributed by atoms with Crippen LogP contribution in [0.2, 0.25) is 0 Å². The molecule has 3 heteroatoms. The van der Waals surface area contributed by atoms with E-state index in [0.717, 1.165) is 37.4 Å². The Labute approximate surface area is 123 Å². The first-order valence-corrected chi connectivity index (χ1v) is 8.20. The maximum absolute atomic E-state index is 5.68. The zero-order valence-corrected chi connectivity index (χ0v) is 13.3. The van der Waals surface area contributed by atoms with E-state index in [1.165, 1.54) is 37.7 Å². The van der Waals surface area contributed by atoms with Gasteiger partial charge in [0.15, 0.2) is 0 Å². The number of hydrogen-bond acceptors (Lipinski definition) is 3. The number of rotatable bonds is 7. The van der Waals surface area contributed by atoms with E-state index in [9.17, 15) is 0 Å². The van der Waals surface area contributed by atoms with E-state index in [0.29, 0.717) is 0 Å². The lowest BCUT2D eigenvalue weighted by Crippen LogP contribution is -2.34. The van der Waals surface area contributed by atoms with E-state index in [-0.39, 0.29) is 0 Å². The van der Waals surface area contributed by atoms with Crippen LogP contribution in [0.4, 0.5) is 0 Å². The number of hydrogen-bond donors (Lipinski definition) is 1. The summed E-state index contributed by atoms with van der Waals surface area (Å²) in [5, 5.41) is 3.33. The molecule has 0 saturated heterocycles. The fraction of sp³-hybridized carbons (Fsp3) is 0.765. The molecule has 3 nitrogen and oxygen atoms in total. The molecule has 1 aliphatic rings. The highest BCUT2D eigenvalue weighted by atomic mass is 16.3. The van der Waals surface area contributed by atoms with Crippen LogP contribution in [0.5, 0.6) is 0 Å². The normalized spacial score (nSPS) is 23.4. The minimum atomic E-state index is 0.736. The molecule has 0 radical (unpaired) electrons. The Kier molecular flexibility index (Phi) is 6.11. The van der Waals surface area contributed by atoms with Crippen LogP contribution in [0.1, 0.15) is 57.3 Å². The van der Waals surface area contributed by atoms with Gasteiger partial charge in [-0.05, 0) is 51.3 Å². The molecule has 1 heterocycles. The van der Waals surface area contributed by atoms with Crippen molar-refractivity contribution in [2.24, 2.45) is 5.92 Å². The van der Waals surface area contributed by atoms with Gasteiger partial charge in [0.1, 0.15) is 5.76 Å². The Morgan fingerprint density at radius 2 is 2.00 bits per heavy atom. The molecule has 0 aliphatic heterocycles. The summed E-state index contributed by atoms with van der Waals surface area (Å²) >= 11 is 0. The van der Waals surface area contributed by atoms with Gasteiger partial charge in [0.25, 0.3) is 0 Å². The maximum Gasteiger partial charge on any atom is 0.118 e. The van der Waals surface area contributed by atoms with Crippen molar-refractivity contribution in [1.82, 2.24) is 10.2 Å². The van der Waals surface area contributed by atoms with Gasteiger partial charge in [-0.25, -0.2) is 0 Å². The second-order valence-corrected chi connectivity index (χ2v) is 6.20. The first kappa shape index (κ1) is 15.6. The van der Waals surface area contributed by atoms with Gasteiger partial charge >= 0.3 is 0 Å². The molecule has 1 aromatic heterocycles. The summed E-state index contributed by atoms with van der Waals surface area (Å²) in [6.45, 7) is 7.30. The monoisotopic (exact) mass is 278 g/mol. The molecule has 20 heavy (non-hydrogen) atoms. The van der Waals surface area contributed by atoms with Crippen molar-refractivity contribution in [3.63, 3.8) is 0 Å². The van der Waals surface area contributed by atoms with Gasteiger partial charge in [-0.1, -0.05) is 20.3 Å². The molecular formula is C17H30N2O. The number of furan rings is 1. The van der Waals surface area contributed by atoms with E-state index >= 15 is 0 Å². The Morgan fingerprint density at radius 1 is 1.25 bits per heavy atom. The third-order valence-electron chi connectivity index (χ3n) is 4.71. The second-order valence-electron chi connectivity index (χ2n) is 6.20. The summed E-state index contributed by atoms with van der Waals surface area (Å²) in [5.74, 6) is 2.06. The van der Waals surface area contributed by atoms with Crippen molar-refractivity contribution >= 4 is 0 Å². The summed E-state index contributed by atoms with van der Waals surface area (Å²) in [5.41, 5.74) is 1.25. The highest BCUT2D eigenvalue weighted by Gasteiger charge is 2.23. The predicted octanol–water partition coefficient (Wildman–Crippen LogP) is 3.79. The van der Waals surface area contributed by atoms with Crippen LogP contribution < -0.4 is 5.32 Å². The zero-order valence-electron chi connectivity index (χ0n) is 13.3. The molecule has 1 aliphatic carbocycles. The van der Waals surface area contributed by atoms with Crippen LogP contribution in [0.3, 0.4) is 0 Å². The van der Waals surface area contributed by atoms with Gasteiger partial charge in [-0.15, -0.1) is 0 Å². The average Bonchev–Trinajstić information content (AvgIpc) is 2.92. The van der Waals surface area contributed by atoms with Crippen LogP contribution >= 0.6 is 0 Å². The van der Waals surface area contributed by atoms with Crippen LogP contribution in [0, 0.1) is 5.92 Å². The Bertz CT molecular complexity index is 380. The Morgan fingerprint density at radius 3 is 2.65 bits per heavy atom. The van der Waals surface area contributed by atoms with Crippen LogP contribution in [0.25, 0.3) is 0 Å². The van der Waals surface area contributed by atoms with Gasteiger partial charge in [0.2, 0.25) is 0 Å². The standard InChI is InChI=1S/C17H30N2O/c1-4-14-6-8-16(9-7-14)19(3)12-17-10-15(13-20-17)11-18-5-2/h10,13-14,16,18H,4-9,11-12H2,1-3H3.